The molecule has 1 N–H and O–H groups in total. The molecule has 0 atom stereocenters. The monoisotopic (exact) mass is 558 g/mol. The van der Waals surface area contributed by atoms with Crippen molar-refractivity contribution in [1.82, 2.24) is 20.2 Å². The highest BCUT2D eigenvalue weighted by atomic mass is 35.5. The minimum Gasteiger partial charge on any atom is -0.390 e. The summed E-state index contributed by atoms with van der Waals surface area (Å²) in [6, 6.07) is 8.09. The number of hydrogen-bond acceptors (Lipinski definition) is 6. The first kappa shape index (κ1) is 27.5. The molecule has 1 radical (unpaired) electrons. The number of aliphatic hydroxyl groups is 1. The fraction of sp³-hybridized carbons (Fsp3) is 0.250. The van der Waals surface area contributed by atoms with Gasteiger partial charge in [-0.25, -0.2) is 4.68 Å². The number of nitrogens with zero attached hydrogens (tertiary/aromatic N) is 5. The third-order valence-corrected chi connectivity index (χ3v) is 5.82. The second-order valence-corrected chi connectivity index (χ2v) is 8.83. The molecule has 0 saturated carbocycles. The van der Waals surface area contributed by atoms with Gasteiger partial charge in [0.25, 0.3) is 0 Å². The highest BCUT2D eigenvalue weighted by molar-refractivity contribution is 6.33. The average molecular weight is 559 g/mol. The zero-order valence-corrected chi connectivity index (χ0v) is 20.5. The van der Waals surface area contributed by atoms with Crippen molar-refractivity contribution in [2.24, 2.45) is 0 Å². The van der Waals surface area contributed by atoms with E-state index in [9.17, 15) is 31.4 Å². The van der Waals surface area contributed by atoms with Crippen LogP contribution in [0.4, 0.5) is 32.2 Å². The maximum Gasteiger partial charge on any atom is 0.416 e. The molecule has 0 aliphatic rings. The van der Waals surface area contributed by atoms with Crippen molar-refractivity contribution >= 4 is 17.4 Å². The van der Waals surface area contributed by atoms with Gasteiger partial charge in [-0.2, -0.15) is 26.3 Å². The molecule has 2 aromatic heterocycles. The number of hydrogen-bond donors (Lipinski definition) is 1. The van der Waals surface area contributed by atoms with Crippen LogP contribution in [0.25, 0.3) is 11.3 Å². The number of alkyl halides is 6. The van der Waals surface area contributed by atoms with Crippen molar-refractivity contribution in [1.29, 1.82) is 0 Å². The molecule has 0 aliphatic heterocycles. The SMILES string of the molecule is CN(C)c1c([CH]c2c(CO)noc2-c2ccccc2Cl)nnn1Cc1cc(C(F)(F)F)cc(C(F)(F)F)c1. The van der Waals surface area contributed by atoms with Gasteiger partial charge in [0.1, 0.15) is 11.4 Å². The quantitative estimate of drug-likeness (QED) is 0.288. The molecule has 38 heavy (non-hydrogen) atoms. The van der Waals surface area contributed by atoms with Crippen LogP contribution in [-0.4, -0.2) is 39.4 Å². The largest absolute Gasteiger partial charge is 0.416 e. The molecular formula is C24H19ClF6N5O2. The maximum atomic E-state index is 13.3. The molecule has 0 saturated heterocycles. The van der Waals surface area contributed by atoms with Gasteiger partial charge < -0.3 is 14.5 Å². The smallest absolute Gasteiger partial charge is 0.390 e. The first-order valence-electron chi connectivity index (χ1n) is 10.9. The van der Waals surface area contributed by atoms with Gasteiger partial charge in [-0.15, -0.1) is 5.10 Å². The van der Waals surface area contributed by atoms with E-state index >= 15 is 0 Å². The first-order valence-corrected chi connectivity index (χ1v) is 11.3. The van der Waals surface area contributed by atoms with E-state index in [0.29, 0.717) is 28.3 Å². The Kier molecular flexibility index (Phi) is 7.44. The van der Waals surface area contributed by atoms with E-state index in [0.717, 1.165) is 0 Å². The summed E-state index contributed by atoms with van der Waals surface area (Å²) in [5, 5.41) is 22.0. The van der Waals surface area contributed by atoms with Gasteiger partial charge in [0.2, 0.25) is 0 Å². The summed E-state index contributed by atoms with van der Waals surface area (Å²) in [7, 11) is 3.21. The van der Waals surface area contributed by atoms with Gasteiger partial charge in [0.05, 0.1) is 35.7 Å². The molecule has 2 heterocycles. The molecule has 0 unspecified atom stereocenters. The average Bonchev–Trinajstić information content (AvgIpc) is 3.42. The number of halogens is 7. The summed E-state index contributed by atoms with van der Waals surface area (Å²) in [5.41, 5.74) is -1.96. The molecule has 14 heteroatoms. The van der Waals surface area contributed by atoms with Crippen LogP contribution in [0, 0.1) is 6.42 Å². The normalized spacial score (nSPS) is 12.3. The Hall–Kier alpha value is -3.58. The van der Waals surface area contributed by atoms with Crippen molar-refractivity contribution in [2.45, 2.75) is 25.5 Å². The van der Waals surface area contributed by atoms with E-state index < -0.39 is 36.6 Å². The molecule has 4 aromatic rings. The van der Waals surface area contributed by atoms with E-state index in [1.807, 2.05) is 0 Å². The molecule has 0 bridgehead atoms. The van der Waals surface area contributed by atoms with Gasteiger partial charge in [0.15, 0.2) is 11.6 Å². The van der Waals surface area contributed by atoms with Crippen molar-refractivity contribution < 1.29 is 36.0 Å². The standard InChI is InChI=1S/C24H19ClF6N5O2/c1-35(2)22-19(10-17-20(12-37)33-38-21(17)16-5-3-4-6-18(16)25)32-34-36(22)11-13-7-14(23(26,27)28)9-15(8-13)24(29,30)31/h3-10,37H,11-12H2,1-2H3. The fourth-order valence-electron chi connectivity index (χ4n) is 3.83. The number of anilines is 1. The molecule has 201 valence electrons. The minimum absolute atomic E-state index is 0.0649. The summed E-state index contributed by atoms with van der Waals surface area (Å²) >= 11 is 6.29. The summed E-state index contributed by atoms with van der Waals surface area (Å²) in [6.07, 6.45) is -8.47. The van der Waals surface area contributed by atoms with Crippen LogP contribution in [0.5, 0.6) is 0 Å². The van der Waals surface area contributed by atoms with Crippen LogP contribution in [0.3, 0.4) is 0 Å². The number of benzene rings is 2. The van der Waals surface area contributed by atoms with Gasteiger partial charge in [-0.3, -0.25) is 0 Å². The Labute approximate surface area is 217 Å². The summed E-state index contributed by atoms with van der Waals surface area (Å²) in [5.74, 6) is 0.498. The molecule has 7 nitrogen and oxygen atoms in total. The Morgan fingerprint density at radius 2 is 1.66 bits per heavy atom. The highest BCUT2D eigenvalue weighted by Crippen LogP contribution is 2.38. The minimum atomic E-state index is -4.98. The van der Waals surface area contributed by atoms with Crippen LogP contribution in [0.15, 0.2) is 47.0 Å². The third kappa shape index (κ3) is 5.63. The van der Waals surface area contributed by atoms with Crippen molar-refractivity contribution in [3.05, 3.63) is 87.5 Å². The lowest BCUT2D eigenvalue weighted by Gasteiger charge is -2.18. The van der Waals surface area contributed by atoms with Crippen LogP contribution in [0.1, 0.15) is 33.6 Å². The van der Waals surface area contributed by atoms with Gasteiger partial charge in [-0.05, 0) is 35.9 Å². The zero-order valence-electron chi connectivity index (χ0n) is 19.8. The topological polar surface area (TPSA) is 80.2 Å². The number of aliphatic hydroxyl groups excluding tert-OH is 1. The van der Waals surface area contributed by atoms with Gasteiger partial charge >= 0.3 is 12.4 Å². The number of rotatable bonds is 7. The van der Waals surface area contributed by atoms with E-state index in [1.54, 1.807) is 43.3 Å². The van der Waals surface area contributed by atoms with E-state index in [-0.39, 0.29) is 34.6 Å². The van der Waals surface area contributed by atoms with Crippen LogP contribution >= 0.6 is 11.6 Å². The summed E-state index contributed by atoms with van der Waals surface area (Å²) < 4.78 is 86.5. The predicted molar refractivity (Wildman–Crippen MR) is 125 cm³/mol. The molecule has 4 rings (SSSR count). The maximum absolute atomic E-state index is 13.3. The third-order valence-electron chi connectivity index (χ3n) is 5.49. The van der Waals surface area contributed by atoms with Gasteiger partial charge in [-0.1, -0.05) is 34.1 Å². The molecule has 0 amide bonds. The second-order valence-electron chi connectivity index (χ2n) is 8.42. The van der Waals surface area contributed by atoms with Crippen LogP contribution in [-0.2, 0) is 25.5 Å². The lowest BCUT2D eigenvalue weighted by Crippen LogP contribution is -2.18. The second kappa shape index (κ2) is 10.3. The molecule has 0 fully saturated rings. The molecule has 2 aromatic carbocycles. The molecule has 0 spiro atoms. The fourth-order valence-corrected chi connectivity index (χ4v) is 4.06. The predicted octanol–water partition coefficient (Wildman–Crippen LogP) is 5.83. The van der Waals surface area contributed by atoms with Crippen LogP contribution in [0.2, 0.25) is 5.02 Å². The Bertz CT molecular complexity index is 1410. The summed E-state index contributed by atoms with van der Waals surface area (Å²) in [4.78, 5) is 1.55. The van der Waals surface area contributed by atoms with Crippen molar-refractivity contribution in [3.8, 4) is 11.3 Å². The summed E-state index contributed by atoms with van der Waals surface area (Å²) in [6.45, 7) is -0.926. The Morgan fingerprint density at radius 1 is 1.03 bits per heavy atom. The first-order chi connectivity index (χ1) is 17.8. The lowest BCUT2D eigenvalue weighted by atomic mass is 10.0. The molecule has 0 aliphatic carbocycles. The Balaban J connectivity index is 1.75. The molecular weight excluding hydrogens is 540 g/mol. The van der Waals surface area contributed by atoms with E-state index in [1.165, 1.54) is 11.1 Å². The number of aromatic nitrogens is 4. The van der Waals surface area contributed by atoms with Crippen molar-refractivity contribution in [2.75, 3.05) is 19.0 Å². The lowest BCUT2D eigenvalue weighted by molar-refractivity contribution is -0.143. The van der Waals surface area contributed by atoms with E-state index in [2.05, 4.69) is 15.5 Å². The Morgan fingerprint density at radius 3 is 2.21 bits per heavy atom. The highest BCUT2D eigenvalue weighted by Gasteiger charge is 2.37. The van der Waals surface area contributed by atoms with E-state index in [4.69, 9.17) is 16.1 Å². The zero-order chi connectivity index (χ0) is 27.8. The van der Waals surface area contributed by atoms with Crippen LogP contribution < -0.4 is 4.90 Å². The van der Waals surface area contributed by atoms with Gasteiger partial charge in [0, 0.05) is 25.2 Å². The van der Waals surface area contributed by atoms with Crippen molar-refractivity contribution in [3.63, 3.8) is 0 Å².